The van der Waals surface area contributed by atoms with Gasteiger partial charge in [-0.1, -0.05) is 13.5 Å². The van der Waals surface area contributed by atoms with E-state index in [0.717, 1.165) is 12.1 Å². The fourth-order valence-electron chi connectivity index (χ4n) is 1.41. The normalized spacial score (nSPS) is 16.4. The highest BCUT2D eigenvalue weighted by Gasteiger charge is 2.33. The third kappa shape index (κ3) is 2.79. The molecule has 1 fully saturated rings. The first-order chi connectivity index (χ1) is 7.06. The maximum absolute atomic E-state index is 11.5. The van der Waals surface area contributed by atoms with Crippen LogP contribution in [0.3, 0.4) is 0 Å². The molecule has 0 saturated carbocycles. The number of imide groups is 1. The van der Waals surface area contributed by atoms with Gasteiger partial charge in [-0.25, -0.2) is 4.79 Å². The number of carbonyl (C=O) groups is 2. The second kappa shape index (κ2) is 4.93. The zero-order chi connectivity index (χ0) is 11.4. The monoisotopic (exact) mass is 211 g/mol. The average Bonchev–Trinajstić information content (AvgIpc) is 2.42. The summed E-state index contributed by atoms with van der Waals surface area (Å²) < 4.78 is 0. The zero-order valence-corrected chi connectivity index (χ0v) is 9.25. The van der Waals surface area contributed by atoms with Crippen molar-refractivity contribution in [2.45, 2.75) is 6.92 Å². The highest BCUT2D eigenvalue weighted by atomic mass is 16.2. The first kappa shape index (κ1) is 11.7. The molecule has 1 rings (SSSR count). The Balaban J connectivity index is 2.47. The minimum Gasteiger partial charge on any atom is -0.318 e. The number of carbonyl (C=O) groups excluding carboxylic acids is 2. The largest absolute Gasteiger partial charge is 0.327 e. The van der Waals surface area contributed by atoms with E-state index < -0.39 is 0 Å². The molecule has 15 heavy (non-hydrogen) atoms. The van der Waals surface area contributed by atoms with Crippen molar-refractivity contribution in [3.63, 3.8) is 0 Å². The van der Waals surface area contributed by atoms with Crippen LogP contribution in [0.5, 0.6) is 0 Å². The zero-order valence-electron chi connectivity index (χ0n) is 9.25. The van der Waals surface area contributed by atoms with Crippen LogP contribution in [0.2, 0.25) is 0 Å². The number of nitrogens with one attached hydrogen (secondary N) is 1. The number of rotatable bonds is 5. The Morgan fingerprint density at radius 1 is 1.53 bits per heavy atom. The van der Waals surface area contributed by atoms with E-state index in [0.29, 0.717) is 13.1 Å². The van der Waals surface area contributed by atoms with Crippen molar-refractivity contribution in [1.29, 1.82) is 0 Å². The summed E-state index contributed by atoms with van der Waals surface area (Å²) in [7, 11) is 1.62. The topological polar surface area (TPSA) is 52.7 Å². The van der Waals surface area contributed by atoms with Crippen molar-refractivity contribution in [1.82, 2.24) is 15.1 Å². The molecule has 0 spiro atoms. The Hall–Kier alpha value is -1.36. The summed E-state index contributed by atoms with van der Waals surface area (Å²) in [6, 6.07) is -0.238. The van der Waals surface area contributed by atoms with Crippen molar-refractivity contribution in [2.24, 2.45) is 0 Å². The maximum atomic E-state index is 11.5. The van der Waals surface area contributed by atoms with Crippen LogP contribution in [0.4, 0.5) is 4.79 Å². The molecule has 0 bridgehead atoms. The number of likely N-dealkylation sites (N-methyl/N-ethyl adjacent to an activating group) is 2. The quantitative estimate of drug-likeness (QED) is 0.516. The minimum atomic E-state index is -0.238. The fraction of sp³-hybridized carbons (Fsp3) is 0.600. The first-order valence-electron chi connectivity index (χ1n) is 4.99. The molecule has 0 atom stereocenters. The molecule has 5 heteroatoms. The predicted molar refractivity (Wildman–Crippen MR) is 57.4 cm³/mol. The van der Waals surface area contributed by atoms with E-state index in [1.807, 2.05) is 6.92 Å². The van der Waals surface area contributed by atoms with Crippen LogP contribution in [0.15, 0.2) is 12.2 Å². The molecule has 3 amide bonds. The Kier molecular flexibility index (Phi) is 3.85. The molecule has 0 unspecified atom stereocenters. The van der Waals surface area contributed by atoms with Gasteiger partial charge in [0.15, 0.2) is 0 Å². The van der Waals surface area contributed by atoms with Gasteiger partial charge in [0, 0.05) is 13.6 Å². The lowest BCUT2D eigenvalue weighted by molar-refractivity contribution is -0.125. The van der Waals surface area contributed by atoms with Gasteiger partial charge >= 0.3 is 6.03 Å². The Morgan fingerprint density at radius 2 is 2.20 bits per heavy atom. The molecule has 84 valence electrons. The lowest BCUT2D eigenvalue weighted by atomic mass is 10.3. The molecule has 0 radical (unpaired) electrons. The lowest BCUT2D eigenvalue weighted by Gasteiger charge is -2.15. The molecular weight excluding hydrogens is 194 g/mol. The molecule has 1 N–H and O–H groups in total. The van der Waals surface area contributed by atoms with Crippen LogP contribution >= 0.6 is 0 Å². The van der Waals surface area contributed by atoms with Crippen LogP contribution in [0, 0.1) is 0 Å². The van der Waals surface area contributed by atoms with Gasteiger partial charge in [-0.05, 0) is 12.1 Å². The van der Waals surface area contributed by atoms with Crippen LogP contribution in [0.25, 0.3) is 0 Å². The molecule has 1 aliphatic rings. The van der Waals surface area contributed by atoms with E-state index in [2.05, 4.69) is 11.9 Å². The fourth-order valence-corrected chi connectivity index (χ4v) is 1.41. The number of amides is 3. The predicted octanol–water partition coefficient (Wildman–Crippen LogP) is 0.0461. The van der Waals surface area contributed by atoms with Crippen LogP contribution in [0.1, 0.15) is 6.92 Å². The molecule has 5 nitrogen and oxygen atoms in total. The standard InChI is InChI=1S/C10H17N3O2/c1-4-11-5-8(2)6-13-9(14)7-12(3)10(13)15/h11H,2,4-7H2,1,3H3. The van der Waals surface area contributed by atoms with Gasteiger partial charge in [-0.3, -0.25) is 9.69 Å². The third-order valence-electron chi connectivity index (χ3n) is 2.24. The maximum Gasteiger partial charge on any atom is 0.327 e. The van der Waals surface area contributed by atoms with Gasteiger partial charge in [0.05, 0.1) is 6.54 Å². The summed E-state index contributed by atoms with van der Waals surface area (Å²) in [5.41, 5.74) is 0.842. The van der Waals surface area contributed by atoms with E-state index in [9.17, 15) is 9.59 Å². The molecule has 1 saturated heterocycles. The first-order valence-corrected chi connectivity index (χ1v) is 4.99. The minimum absolute atomic E-state index is 0.153. The second-order valence-corrected chi connectivity index (χ2v) is 3.65. The molecule has 0 aromatic rings. The highest BCUT2D eigenvalue weighted by molar-refractivity contribution is 6.02. The van der Waals surface area contributed by atoms with Crippen molar-refractivity contribution >= 4 is 11.9 Å². The van der Waals surface area contributed by atoms with Crippen LogP contribution in [-0.2, 0) is 4.79 Å². The molecule has 1 aliphatic heterocycles. The number of hydrogen-bond acceptors (Lipinski definition) is 3. The van der Waals surface area contributed by atoms with Crippen molar-refractivity contribution in [3.8, 4) is 0 Å². The van der Waals surface area contributed by atoms with Crippen molar-refractivity contribution in [2.75, 3.05) is 33.2 Å². The Bertz CT molecular complexity index is 288. The summed E-state index contributed by atoms with van der Waals surface area (Å²) in [4.78, 5) is 25.5. The van der Waals surface area contributed by atoms with Gasteiger partial charge in [0.1, 0.15) is 6.54 Å². The molecular formula is C10H17N3O2. The number of nitrogens with zero attached hydrogens (tertiary/aromatic N) is 2. The summed E-state index contributed by atoms with van der Waals surface area (Å²) in [6.45, 7) is 7.79. The average molecular weight is 211 g/mol. The van der Waals surface area contributed by atoms with Crippen molar-refractivity contribution < 1.29 is 9.59 Å². The Morgan fingerprint density at radius 3 is 2.67 bits per heavy atom. The number of hydrogen-bond donors (Lipinski definition) is 1. The SMILES string of the molecule is C=C(CNCC)CN1C(=O)CN(C)C1=O. The van der Waals surface area contributed by atoms with Gasteiger partial charge in [0.25, 0.3) is 5.91 Å². The lowest BCUT2D eigenvalue weighted by Crippen LogP contribution is -2.35. The summed E-state index contributed by atoms with van der Waals surface area (Å²) >= 11 is 0. The second-order valence-electron chi connectivity index (χ2n) is 3.65. The van der Waals surface area contributed by atoms with Crippen molar-refractivity contribution in [3.05, 3.63) is 12.2 Å². The third-order valence-corrected chi connectivity index (χ3v) is 2.24. The number of urea groups is 1. The van der Waals surface area contributed by atoms with E-state index in [-0.39, 0.29) is 18.5 Å². The van der Waals surface area contributed by atoms with Gasteiger partial charge in [-0.2, -0.15) is 0 Å². The van der Waals surface area contributed by atoms with E-state index in [1.54, 1.807) is 7.05 Å². The molecule has 1 heterocycles. The van der Waals surface area contributed by atoms with Gasteiger partial charge in [-0.15, -0.1) is 0 Å². The van der Waals surface area contributed by atoms with Gasteiger partial charge in [0.2, 0.25) is 0 Å². The van der Waals surface area contributed by atoms with Crippen LogP contribution in [-0.4, -0.2) is 55.0 Å². The summed E-state index contributed by atoms with van der Waals surface area (Å²) in [5, 5.41) is 3.10. The van der Waals surface area contributed by atoms with E-state index in [1.165, 1.54) is 9.80 Å². The van der Waals surface area contributed by atoms with Gasteiger partial charge < -0.3 is 10.2 Å². The highest BCUT2D eigenvalue weighted by Crippen LogP contribution is 2.09. The summed E-state index contributed by atoms with van der Waals surface area (Å²) in [5.74, 6) is -0.153. The molecule has 0 aromatic heterocycles. The molecule has 0 aromatic carbocycles. The smallest absolute Gasteiger partial charge is 0.318 e. The Labute approximate surface area is 89.7 Å². The van der Waals surface area contributed by atoms with E-state index in [4.69, 9.17) is 0 Å². The molecule has 0 aliphatic carbocycles. The van der Waals surface area contributed by atoms with E-state index >= 15 is 0 Å². The summed E-state index contributed by atoms with van der Waals surface area (Å²) in [6.07, 6.45) is 0. The van der Waals surface area contributed by atoms with Crippen LogP contribution < -0.4 is 5.32 Å².